The Bertz CT molecular complexity index is 400. The predicted octanol–water partition coefficient (Wildman–Crippen LogP) is 3.39. The molecule has 0 aromatic carbocycles. The molecular weight excluding hydrogens is 296 g/mol. The van der Waals surface area contributed by atoms with Gasteiger partial charge in [0.2, 0.25) is 0 Å². The van der Waals surface area contributed by atoms with Gasteiger partial charge in [-0.1, -0.05) is 39.5 Å². The van der Waals surface area contributed by atoms with Gasteiger partial charge in [0.05, 0.1) is 25.2 Å². The van der Waals surface area contributed by atoms with Crippen LogP contribution in [0.25, 0.3) is 0 Å². The number of hydrogen-bond acceptors (Lipinski definition) is 5. The first-order valence-electron chi connectivity index (χ1n) is 9.15. The first kappa shape index (κ1) is 18.2. The van der Waals surface area contributed by atoms with Crippen LogP contribution in [0.5, 0.6) is 0 Å². The molecule has 2 aliphatic heterocycles. The van der Waals surface area contributed by atoms with Crippen molar-refractivity contribution in [3.05, 3.63) is 0 Å². The number of unbranched alkanes of at least 4 members (excludes halogenated alkanes) is 4. The Labute approximate surface area is 139 Å². The minimum absolute atomic E-state index is 0.0994. The fourth-order valence-electron chi connectivity index (χ4n) is 3.44. The van der Waals surface area contributed by atoms with Crippen LogP contribution in [-0.2, 0) is 23.8 Å². The van der Waals surface area contributed by atoms with Gasteiger partial charge < -0.3 is 14.2 Å². The molecule has 2 bridgehead atoms. The molecule has 2 heterocycles. The molecule has 0 radical (unpaired) electrons. The molecule has 0 aromatic rings. The van der Waals surface area contributed by atoms with E-state index >= 15 is 0 Å². The fourth-order valence-corrected chi connectivity index (χ4v) is 3.44. The molecule has 3 unspecified atom stereocenters. The first-order chi connectivity index (χ1) is 11.1. The minimum atomic E-state index is -1.07. The highest BCUT2D eigenvalue weighted by molar-refractivity contribution is 5.89. The zero-order valence-electron chi connectivity index (χ0n) is 14.5. The number of rotatable bonds is 10. The molecule has 0 amide bonds. The number of hydrogen-bond donors (Lipinski definition) is 0. The second-order valence-corrected chi connectivity index (χ2v) is 6.68. The average Bonchev–Trinajstić information content (AvgIpc) is 2.54. The van der Waals surface area contributed by atoms with Gasteiger partial charge in [0.15, 0.2) is 5.60 Å². The molecule has 5 heteroatoms. The maximum atomic E-state index is 12.5. The number of fused-ring (bicyclic) bond motifs is 2. The lowest BCUT2D eigenvalue weighted by atomic mass is 9.69. The van der Waals surface area contributed by atoms with Crippen molar-refractivity contribution in [3.63, 3.8) is 0 Å². The van der Waals surface area contributed by atoms with Crippen molar-refractivity contribution in [2.24, 2.45) is 5.92 Å². The van der Waals surface area contributed by atoms with Crippen LogP contribution in [0.3, 0.4) is 0 Å². The molecule has 23 heavy (non-hydrogen) atoms. The van der Waals surface area contributed by atoms with E-state index in [1.165, 1.54) is 0 Å². The summed E-state index contributed by atoms with van der Waals surface area (Å²) in [5, 5.41) is 0. The second-order valence-electron chi connectivity index (χ2n) is 6.68. The third-order valence-electron chi connectivity index (χ3n) is 4.85. The molecule has 0 spiro atoms. The zero-order valence-corrected chi connectivity index (χ0v) is 14.5. The summed E-state index contributed by atoms with van der Waals surface area (Å²) < 4.78 is 16.5. The van der Waals surface area contributed by atoms with Gasteiger partial charge in [0.1, 0.15) is 0 Å². The van der Waals surface area contributed by atoms with Crippen LogP contribution in [0.4, 0.5) is 0 Å². The van der Waals surface area contributed by atoms with Crippen molar-refractivity contribution in [2.75, 3.05) is 13.2 Å². The predicted molar refractivity (Wildman–Crippen MR) is 85.9 cm³/mol. The van der Waals surface area contributed by atoms with Crippen molar-refractivity contribution >= 4 is 11.9 Å². The van der Waals surface area contributed by atoms with Gasteiger partial charge >= 0.3 is 11.9 Å². The number of carbonyl (C=O) groups excluding carboxylic acids is 2. The molecule has 0 N–H and O–H groups in total. The number of ether oxygens (including phenoxy) is 3. The van der Waals surface area contributed by atoms with Crippen LogP contribution >= 0.6 is 0 Å². The SMILES string of the molecule is CCCCCOC(=O)C1CCC2CC1(C(=O)OCCCCC)O2. The van der Waals surface area contributed by atoms with Gasteiger partial charge in [-0.2, -0.15) is 0 Å². The lowest BCUT2D eigenvalue weighted by molar-refractivity contribution is -0.268. The van der Waals surface area contributed by atoms with E-state index in [1.807, 2.05) is 0 Å². The Morgan fingerprint density at radius 1 is 1.00 bits per heavy atom. The molecule has 3 aliphatic rings. The van der Waals surface area contributed by atoms with Crippen LogP contribution < -0.4 is 0 Å². The van der Waals surface area contributed by atoms with E-state index < -0.39 is 11.5 Å². The Balaban J connectivity index is 1.87. The summed E-state index contributed by atoms with van der Waals surface area (Å²) >= 11 is 0. The normalized spacial score (nSPS) is 28.8. The lowest BCUT2D eigenvalue weighted by Gasteiger charge is -2.53. The highest BCUT2D eigenvalue weighted by Crippen LogP contribution is 2.49. The van der Waals surface area contributed by atoms with E-state index in [-0.39, 0.29) is 18.0 Å². The Hall–Kier alpha value is -1.10. The van der Waals surface area contributed by atoms with Crippen LogP contribution in [0.1, 0.15) is 71.6 Å². The van der Waals surface area contributed by atoms with Crippen molar-refractivity contribution < 1.29 is 23.8 Å². The zero-order chi connectivity index (χ0) is 16.7. The molecule has 3 rings (SSSR count). The Morgan fingerprint density at radius 2 is 1.61 bits per heavy atom. The van der Waals surface area contributed by atoms with E-state index in [9.17, 15) is 9.59 Å². The molecule has 1 saturated carbocycles. The lowest BCUT2D eigenvalue weighted by Crippen LogP contribution is -2.66. The molecule has 0 aromatic heterocycles. The first-order valence-corrected chi connectivity index (χ1v) is 9.15. The van der Waals surface area contributed by atoms with Gasteiger partial charge in [0.25, 0.3) is 0 Å². The summed E-state index contributed by atoms with van der Waals surface area (Å²) in [4.78, 5) is 24.8. The van der Waals surface area contributed by atoms with Crippen molar-refractivity contribution in [1.29, 1.82) is 0 Å². The topological polar surface area (TPSA) is 61.8 Å². The van der Waals surface area contributed by atoms with Crippen LogP contribution in [0, 0.1) is 5.92 Å². The quantitative estimate of drug-likeness (QED) is 0.455. The second kappa shape index (κ2) is 8.67. The van der Waals surface area contributed by atoms with E-state index in [0.29, 0.717) is 26.1 Å². The van der Waals surface area contributed by atoms with Crippen molar-refractivity contribution in [1.82, 2.24) is 0 Å². The maximum Gasteiger partial charge on any atom is 0.339 e. The van der Waals surface area contributed by atoms with Crippen molar-refractivity contribution in [3.8, 4) is 0 Å². The molecule has 3 fully saturated rings. The smallest absolute Gasteiger partial charge is 0.339 e. The highest BCUT2D eigenvalue weighted by atomic mass is 16.6. The summed E-state index contributed by atoms with van der Waals surface area (Å²) in [6, 6.07) is 0. The van der Waals surface area contributed by atoms with Crippen LogP contribution in [0.2, 0.25) is 0 Å². The fraction of sp³-hybridized carbons (Fsp3) is 0.889. The summed E-state index contributed by atoms with van der Waals surface area (Å²) in [6.45, 7) is 5.04. The average molecular weight is 326 g/mol. The van der Waals surface area contributed by atoms with Gasteiger partial charge in [-0.25, -0.2) is 4.79 Å². The van der Waals surface area contributed by atoms with E-state index in [2.05, 4.69) is 13.8 Å². The molecular formula is C18H30O5. The third kappa shape index (κ3) is 4.25. The highest BCUT2D eigenvalue weighted by Gasteiger charge is 2.63. The largest absolute Gasteiger partial charge is 0.465 e. The van der Waals surface area contributed by atoms with Crippen LogP contribution in [-0.4, -0.2) is 36.9 Å². The molecule has 2 saturated heterocycles. The summed E-state index contributed by atoms with van der Waals surface area (Å²) in [7, 11) is 0. The van der Waals surface area contributed by atoms with Gasteiger partial charge in [-0.15, -0.1) is 0 Å². The molecule has 132 valence electrons. The molecule has 1 aliphatic carbocycles. The van der Waals surface area contributed by atoms with E-state index in [4.69, 9.17) is 14.2 Å². The Morgan fingerprint density at radius 3 is 2.22 bits per heavy atom. The van der Waals surface area contributed by atoms with Gasteiger partial charge in [-0.3, -0.25) is 4.79 Å². The van der Waals surface area contributed by atoms with Crippen LogP contribution in [0.15, 0.2) is 0 Å². The monoisotopic (exact) mass is 326 g/mol. The Kier molecular flexibility index (Phi) is 6.88. The molecule has 3 atom stereocenters. The summed E-state index contributed by atoms with van der Waals surface area (Å²) in [5.74, 6) is -1.18. The summed E-state index contributed by atoms with van der Waals surface area (Å²) in [5.41, 5.74) is -1.07. The summed E-state index contributed by atoms with van der Waals surface area (Å²) in [6.07, 6.45) is 8.12. The number of esters is 2. The standard InChI is InChI=1S/C18H30O5/c1-3-5-7-11-21-16(19)15-10-9-14-13-18(15,23-14)17(20)22-12-8-6-4-2/h14-15H,3-13H2,1-2H3. The molecule has 5 nitrogen and oxygen atoms in total. The van der Waals surface area contributed by atoms with Crippen molar-refractivity contribution in [2.45, 2.75) is 83.3 Å². The van der Waals surface area contributed by atoms with Gasteiger partial charge in [-0.05, 0) is 25.7 Å². The van der Waals surface area contributed by atoms with E-state index in [1.54, 1.807) is 0 Å². The minimum Gasteiger partial charge on any atom is -0.465 e. The van der Waals surface area contributed by atoms with E-state index in [0.717, 1.165) is 44.9 Å². The van der Waals surface area contributed by atoms with Gasteiger partial charge in [0, 0.05) is 6.42 Å². The number of carbonyl (C=O) groups is 2. The third-order valence-corrected chi connectivity index (χ3v) is 4.85. The maximum absolute atomic E-state index is 12.5.